The van der Waals surface area contributed by atoms with Gasteiger partial charge in [-0.2, -0.15) is 0 Å². The van der Waals surface area contributed by atoms with Crippen LogP contribution >= 0.6 is 11.3 Å². The average Bonchev–Trinajstić information content (AvgIpc) is 2.67. The van der Waals surface area contributed by atoms with Crippen LogP contribution in [0.15, 0.2) is 29.6 Å². The Balaban J connectivity index is 2.23. The van der Waals surface area contributed by atoms with Gasteiger partial charge >= 0.3 is 0 Å². The molecule has 0 aliphatic carbocycles. The summed E-state index contributed by atoms with van der Waals surface area (Å²) in [5, 5.41) is 2.75. The van der Waals surface area contributed by atoms with Gasteiger partial charge in [-0.25, -0.2) is 10.9 Å². The van der Waals surface area contributed by atoms with E-state index >= 15 is 0 Å². The molecule has 0 spiro atoms. The number of anilines is 1. The maximum Gasteiger partial charge on any atom is 0.135 e. The average molecular weight is 221 g/mol. The lowest BCUT2D eigenvalue weighted by atomic mass is 10.1. The van der Waals surface area contributed by atoms with Crippen molar-refractivity contribution >= 4 is 17.2 Å². The van der Waals surface area contributed by atoms with Gasteiger partial charge in [0.2, 0.25) is 0 Å². The monoisotopic (exact) mass is 221 g/mol. The van der Waals surface area contributed by atoms with E-state index in [1.807, 2.05) is 29.6 Å². The van der Waals surface area contributed by atoms with Crippen molar-refractivity contribution < 1.29 is 4.84 Å². The molecule has 4 N–H and O–H groups in total. The fourth-order valence-corrected chi connectivity index (χ4v) is 1.97. The van der Waals surface area contributed by atoms with Crippen molar-refractivity contribution in [3.63, 3.8) is 0 Å². The van der Waals surface area contributed by atoms with Gasteiger partial charge < -0.3 is 5.73 Å². The van der Waals surface area contributed by atoms with Crippen LogP contribution in [0.4, 0.5) is 5.82 Å². The molecule has 4 nitrogen and oxygen atoms in total. The topological polar surface area (TPSA) is 74.2 Å². The number of nitrogen functional groups attached to an aromatic ring is 1. The Labute approximate surface area is 91.5 Å². The number of nitrogens with zero attached hydrogens (tertiary/aromatic N) is 1. The number of hydrogen-bond acceptors (Lipinski definition) is 5. The first-order valence-corrected chi connectivity index (χ1v) is 5.29. The van der Waals surface area contributed by atoms with Crippen LogP contribution in [0.25, 0.3) is 10.6 Å². The van der Waals surface area contributed by atoms with E-state index in [1.54, 1.807) is 0 Å². The highest BCUT2D eigenvalue weighted by molar-refractivity contribution is 7.13. The SMILES string of the molecule is NOCc1ccc(-c2nc(N)cs2)cc1. The second-order valence-electron chi connectivity index (χ2n) is 3.09. The van der Waals surface area contributed by atoms with Gasteiger partial charge in [-0.15, -0.1) is 11.3 Å². The van der Waals surface area contributed by atoms with Gasteiger partial charge in [0.1, 0.15) is 10.8 Å². The molecular weight excluding hydrogens is 210 g/mol. The summed E-state index contributed by atoms with van der Waals surface area (Å²) in [6.07, 6.45) is 0. The lowest BCUT2D eigenvalue weighted by Crippen LogP contribution is -1.98. The molecule has 1 aromatic heterocycles. The molecule has 0 aliphatic heterocycles. The van der Waals surface area contributed by atoms with Gasteiger partial charge in [0.15, 0.2) is 0 Å². The fraction of sp³-hybridized carbons (Fsp3) is 0.100. The fourth-order valence-electron chi connectivity index (χ4n) is 1.26. The summed E-state index contributed by atoms with van der Waals surface area (Å²) in [7, 11) is 0. The van der Waals surface area contributed by atoms with Crippen LogP contribution in [-0.2, 0) is 11.4 Å². The third-order valence-electron chi connectivity index (χ3n) is 1.97. The molecule has 0 saturated heterocycles. The quantitative estimate of drug-likeness (QED) is 0.775. The molecule has 15 heavy (non-hydrogen) atoms. The van der Waals surface area contributed by atoms with Crippen molar-refractivity contribution in [3.8, 4) is 10.6 Å². The molecule has 0 bridgehead atoms. The van der Waals surface area contributed by atoms with Crippen LogP contribution in [0.3, 0.4) is 0 Å². The largest absolute Gasteiger partial charge is 0.383 e. The molecule has 1 heterocycles. The standard InChI is InChI=1S/C10H11N3OS/c11-9-6-15-10(13-9)8-3-1-7(2-4-8)5-14-12/h1-4,6H,5,11-12H2. The zero-order chi connectivity index (χ0) is 10.7. The number of thiazole rings is 1. The van der Waals surface area contributed by atoms with Gasteiger partial charge in [-0.1, -0.05) is 24.3 Å². The normalized spacial score (nSPS) is 10.5. The van der Waals surface area contributed by atoms with Crippen molar-refractivity contribution in [1.29, 1.82) is 0 Å². The van der Waals surface area contributed by atoms with E-state index in [0.29, 0.717) is 12.4 Å². The Morgan fingerprint density at radius 1 is 1.27 bits per heavy atom. The highest BCUT2D eigenvalue weighted by Gasteiger charge is 2.02. The highest BCUT2D eigenvalue weighted by Crippen LogP contribution is 2.24. The lowest BCUT2D eigenvalue weighted by Gasteiger charge is -2.00. The van der Waals surface area contributed by atoms with Crippen molar-refractivity contribution in [2.75, 3.05) is 5.73 Å². The molecule has 1 aromatic carbocycles. The first-order chi connectivity index (χ1) is 7.29. The summed E-state index contributed by atoms with van der Waals surface area (Å²) in [4.78, 5) is 8.74. The molecule has 0 unspecified atom stereocenters. The summed E-state index contributed by atoms with van der Waals surface area (Å²) < 4.78 is 0. The summed E-state index contributed by atoms with van der Waals surface area (Å²) in [5.74, 6) is 5.55. The van der Waals surface area contributed by atoms with Gasteiger partial charge in [0.25, 0.3) is 0 Å². The molecule has 78 valence electrons. The van der Waals surface area contributed by atoms with Gasteiger partial charge in [0, 0.05) is 10.9 Å². The van der Waals surface area contributed by atoms with Crippen LogP contribution in [-0.4, -0.2) is 4.98 Å². The van der Waals surface area contributed by atoms with Crippen molar-refractivity contribution in [1.82, 2.24) is 4.98 Å². The minimum atomic E-state index is 0.417. The maximum atomic E-state index is 5.56. The minimum Gasteiger partial charge on any atom is -0.383 e. The van der Waals surface area contributed by atoms with E-state index in [0.717, 1.165) is 16.1 Å². The van der Waals surface area contributed by atoms with Gasteiger partial charge in [0.05, 0.1) is 6.61 Å². The summed E-state index contributed by atoms with van der Waals surface area (Å²) in [6.45, 7) is 0.417. The number of benzene rings is 1. The van der Waals surface area contributed by atoms with E-state index in [-0.39, 0.29) is 0 Å². The molecule has 2 aromatic rings. The second kappa shape index (κ2) is 4.39. The molecule has 0 aliphatic rings. The van der Waals surface area contributed by atoms with E-state index in [9.17, 15) is 0 Å². The first kappa shape index (κ1) is 10.1. The van der Waals surface area contributed by atoms with E-state index in [2.05, 4.69) is 9.82 Å². The van der Waals surface area contributed by atoms with E-state index in [4.69, 9.17) is 11.6 Å². The number of hydrogen-bond donors (Lipinski definition) is 2. The smallest absolute Gasteiger partial charge is 0.135 e. The zero-order valence-electron chi connectivity index (χ0n) is 8.01. The molecule has 0 amide bonds. The Morgan fingerprint density at radius 3 is 2.53 bits per heavy atom. The Morgan fingerprint density at radius 2 is 2.00 bits per heavy atom. The Bertz CT molecular complexity index is 438. The molecule has 0 saturated carbocycles. The molecule has 0 atom stereocenters. The van der Waals surface area contributed by atoms with Gasteiger partial charge in [-0.05, 0) is 5.56 Å². The van der Waals surface area contributed by atoms with Crippen LogP contribution in [0, 0.1) is 0 Å². The van der Waals surface area contributed by atoms with Crippen LogP contribution < -0.4 is 11.6 Å². The van der Waals surface area contributed by atoms with Gasteiger partial charge in [-0.3, -0.25) is 4.84 Å². The zero-order valence-corrected chi connectivity index (χ0v) is 8.83. The second-order valence-corrected chi connectivity index (χ2v) is 3.94. The molecule has 2 rings (SSSR count). The number of rotatable bonds is 3. The third-order valence-corrected chi connectivity index (χ3v) is 2.88. The molecule has 5 heteroatoms. The Hall–Kier alpha value is -1.43. The third kappa shape index (κ3) is 2.33. The summed E-state index contributed by atoms with van der Waals surface area (Å²) >= 11 is 1.53. The number of nitrogens with two attached hydrogens (primary N) is 2. The van der Waals surface area contributed by atoms with Crippen molar-refractivity contribution in [2.24, 2.45) is 5.90 Å². The first-order valence-electron chi connectivity index (χ1n) is 4.41. The number of aromatic nitrogens is 1. The van der Waals surface area contributed by atoms with Crippen molar-refractivity contribution in [3.05, 3.63) is 35.2 Å². The summed E-state index contributed by atoms with van der Waals surface area (Å²) in [6, 6.07) is 7.87. The lowest BCUT2D eigenvalue weighted by molar-refractivity contribution is 0.124. The molecular formula is C10H11N3OS. The van der Waals surface area contributed by atoms with E-state index < -0.39 is 0 Å². The summed E-state index contributed by atoms with van der Waals surface area (Å²) in [5.41, 5.74) is 7.64. The molecule has 0 fully saturated rings. The van der Waals surface area contributed by atoms with Crippen LogP contribution in [0.5, 0.6) is 0 Å². The predicted molar refractivity (Wildman–Crippen MR) is 60.9 cm³/mol. The van der Waals surface area contributed by atoms with Crippen LogP contribution in [0.1, 0.15) is 5.56 Å². The van der Waals surface area contributed by atoms with E-state index in [1.165, 1.54) is 11.3 Å². The molecule has 0 radical (unpaired) electrons. The highest BCUT2D eigenvalue weighted by atomic mass is 32.1. The van der Waals surface area contributed by atoms with Crippen molar-refractivity contribution in [2.45, 2.75) is 6.61 Å². The minimum absolute atomic E-state index is 0.417. The Kier molecular flexibility index (Phi) is 2.96. The van der Waals surface area contributed by atoms with Crippen LogP contribution in [0.2, 0.25) is 0 Å². The maximum absolute atomic E-state index is 5.56. The predicted octanol–water partition coefficient (Wildman–Crippen LogP) is 1.78.